The lowest BCUT2D eigenvalue weighted by atomic mass is 10.2. The molecule has 3 aromatic rings. The SMILES string of the molecule is COc1ccc(-c2noc(NCCCN3CCN(Cc4ccccc4)CC3)n2)cc1. The molecule has 1 aliphatic heterocycles. The number of ether oxygens (including phenoxy) is 1. The van der Waals surface area contributed by atoms with Crippen molar-refractivity contribution in [1.29, 1.82) is 0 Å². The number of methoxy groups -OCH3 is 1. The number of aromatic nitrogens is 2. The van der Waals surface area contributed by atoms with Crippen molar-refractivity contribution in [3.05, 3.63) is 60.2 Å². The molecule has 1 aliphatic rings. The highest BCUT2D eigenvalue weighted by atomic mass is 16.5. The molecule has 30 heavy (non-hydrogen) atoms. The highest BCUT2D eigenvalue weighted by molar-refractivity contribution is 5.56. The molecule has 0 radical (unpaired) electrons. The molecule has 1 fully saturated rings. The molecule has 0 unspecified atom stereocenters. The third-order valence-corrected chi connectivity index (χ3v) is 5.42. The van der Waals surface area contributed by atoms with Crippen LogP contribution in [0.15, 0.2) is 59.1 Å². The molecule has 1 aromatic heterocycles. The van der Waals surface area contributed by atoms with E-state index >= 15 is 0 Å². The lowest BCUT2D eigenvalue weighted by molar-refractivity contribution is 0.127. The number of piperazine rings is 1. The molecule has 158 valence electrons. The smallest absolute Gasteiger partial charge is 0.321 e. The molecule has 7 nitrogen and oxygen atoms in total. The van der Waals surface area contributed by atoms with E-state index in [0.29, 0.717) is 11.8 Å². The number of nitrogens with zero attached hydrogens (tertiary/aromatic N) is 4. The largest absolute Gasteiger partial charge is 0.497 e. The summed E-state index contributed by atoms with van der Waals surface area (Å²) in [5.74, 6) is 1.39. The highest BCUT2D eigenvalue weighted by Crippen LogP contribution is 2.20. The Morgan fingerprint density at radius 3 is 2.43 bits per heavy atom. The summed E-state index contributed by atoms with van der Waals surface area (Å²) in [5.41, 5.74) is 2.30. The zero-order valence-corrected chi connectivity index (χ0v) is 17.5. The molecule has 2 heterocycles. The van der Waals surface area contributed by atoms with E-state index in [9.17, 15) is 0 Å². The molecule has 1 N–H and O–H groups in total. The van der Waals surface area contributed by atoms with Gasteiger partial charge in [0.25, 0.3) is 0 Å². The molecule has 0 bridgehead atoms. The zero-order valence-electron chi connectivity index (χ0n) is 17.5. The Morgan fingerprint density at radius 1 is 0.967 bits per heavy atom. The van der Waals surface area contributed by atoms with Crippen molar-refractivity contribution in [3.8, 4) is 17.1 Å². The molecule has 0 saturated carbocycles. The summed E-state index contributed by atoms with van der Waals surface area (Å²) in [6.45, 7) is 7.42. The van der Waals surface area contributed by atoms with E-state index < -0.39 is 0 Å². The Balaban J connectivity index is 1.14. The van der Waals surface area contributed by atoms with Gasteiger partial charge in [-0.1, -0.05) is 35.5 Å². The quantitative estimate of drug-likeness (QED) is 0.546. The van der Waals surface area contributed by atoms with Crippen molar-refractivity contribution in [1.82, 2.24) is 19.9 Å². The van der Waals surface area contributed by atoms with Crippen LogP contribution >= 0.6 is 0 Å². The monoisotopic (exact) mass is 407 g/mol. The molecule has 1 saturated heterocycles. The normalized spacial score (nSPS) is 15.2. The summed E-state index contributed by atoms with van der Waals surface area (Å²) in [5, 5.41) is 7.28. The Hall–Kier alpha value is -2.90. The summed E-state index contributed by atoms with van der Waals surface area (Å²) in [6.07, 6.45) is 1.04. The maximum absolute atomic E-state index is 5.31. The van der Waals surface area contributed by atoms with Crippen LogP contribution in [0.2, 0.25) is 0 Å². The number of rotatable bonds is 9. The predicted octanol–water partition coefficient (Wildman–Crippen LogP) is 3.37. The van der Waals surface area contributed by atoms with Crippen molar-refractivity contribution in [3.63, 3.8) is 0 Å². The number of anilines is 1. The van der Waals surface area contributed by atoms with Crippen LogP contribution in [0.5, 0.6) is 5.75 Å². The van der Waals surface area contributed by atoms with E-state index in [1.165, 1.54) is 5.56 Å². The maximum Gasteiger partial charge on any atom is 0.321 e. The minimum absolute atomic E-state index is 0.466. The van der Waals surface area contributed by atoms with Gasteiger partial charge in [-0.3, -0.25) is 4.90 Å². The van der Waals surface area contributed by atoms with Crippen LogP contribution in [-0.4, -0.2) is 66.3 Å². The Morgan fingerprint density at radius 2 is 1.70 bits per heavy atom. The van der Waals surface area contributed by atoms with Crippen molar-refractivity contribution in [2.75, 3.05) is 51.7 Å². The van der Waals surface area contributed by atoms with Crippen molar-refractivity contribution in [2.24, 2.45) is 0 Å². The number of hydrogen-bond donors (Lipinski definition) is 1. The molecule has 0 aliphatic carbocycles. The van der Waals surface area contributed by atoms with Crippen LogP contribution in [0, 0.1) is 0 Å². The second-order valence-corrected chi connectivity index (χ2v) is 7.54. The summed E-state index contributed by atoms with van der Waals surface area (Å²) in [4.78, 5) is 9.48. The molecule has 0 atom stereocenters. The first-order chi connectivity index (χ1) is 14.8. The lowest BCUT2D eigenvalue weighted by Crippen LogP contribution is -2.46. The van der Waals surface area contributed by atoms with E-state index in [4.69, 9.17) is 9.26 Å². The van der Waals surface area contributed by atoms with Gasteiger partial charge in [0, 0.05) is 44.8 Å². The predicted molar refractivity (Wildman–Crippen MR) is 118 cm³/mol. The van der Waals surface area contributed by atoms with Crippen molar-refractivity contribution < 1.29 is 9.26 Å². The van der Waals surface area contributed by atoms with E-state index in [1.54, 1.807) is 7.11 Å². The fraction of sp³-hybridized carbons (Fsp3) is 0.391. The van der Waals surface area contributed by atoms with Crippen LogP contribution in [0.4, 0.5) is 6.01 Å². The fourth-order valence-electron chi connectivity index (χ4n) is 3.66. The second-order valence-electron chi connectivity index (χ2n) is 7.54. The standard InChI is InChI=1S/C23H29N5O2/c1-29-21-10-8-20(9-11-21)22-25-23(30-26-22)24-12-5-13-27-14-16-28(17-15-27)18-19-6-3-2-4-7-19/h2-4,6-11H,5,12-18H2,1H3,(H,24,25,26). The van der Waals surface area contributed by atoms with Gasteiger partial charge in [-0.15, -0.1) is 0 Å². The van der Waals surface area contributed by atoms with Gasteiger partial charge >= 0.3 is 6.01 Å². The van der Waals surface area contributed by atoms with Gasteiger partial charge in [-0.25, -0.2) is 0 Å². The Labute approximate surface area is 177 Å². The van der Waals surface area contributed by atoms with E-state index in [2.05, 4.69) is 55.6 Å². The molecule has 2 aromatic carbocycles. The molecule has 0 amide bonds. The minimum atomic E-state index is 0.466. The van der Waals surface area contributed by atoms with Gasteiger partial charge in [0.05, 0.1) is 7.11 Å². The third-order valence-electron chi connectivity index (χ3n) is 5.42. The minimum Gasteiger partial charge on any atom is -0.497 e. The Kier molecular flexibility index (Phi) is 6.95. The van der Waals surface area contributed by atoms with Gasteiger partial charge < -0.3 is 19.5 Å². The van der Waals surface area contributed by atoms with Gasteiger partial charge in [0.1, 0.15) is 5.75 Å². The van der Waals surface area contributed by atoms with Crippen molar-refractivity contribution >= 4 is 6.01 Å². The first-order valence-electron chi connectivity index (χ1n) is 10.5. The number of hydrogen-bond acceptors (Lipinski definition) is 7. The molecule has 7 heteroatoms. The number of benzene rings is 2. The van der Waals surface area contributed by atoms with Crippen LogP contribution in [0.1, 0.15) is 12.0 Å². The van der Waals surface area contributed by atoms with Crippen molar-refractivity contribution in [2.45, 2.75) is 13.0 Å². The molecule has 4 rings (SSSR count). The molecular formula is C23H29N5O2. The van der Waals surface area contributed by atoms with Crippen LogP contribution in [0.3, 0.4) is 0 Å². The summed E-state index contributed by atoms with van der Waals surface area (Å²) < 4.78 is 10.5. The summed E-state index contributed by atoms with van der Waals surface area (Å²) in [6, 6.07) is 18.8. The average Bonchev–Trinajstić information content (AvgIpc) is 3.27. The summed E-state index contributed by atoms with van der Waals surface area (Å²) in [7, 11) is 1.65. The van der Waals surface area contributed by atoms with Crippen LogP contribution in [0.25, 0.3) is 11.4 Å². The first kappa shape index (κ1) is 20.4. The zero-order chi connectivity index (χ0) is 20.6. The average molecular weight is 408 g/mol. The number of nitrogens with one attached hydrogen (secondary N) is 1. The van der Waals surface area contributed by atoms with E-state index in [0.717, 1.165) is 63.5 Å². The van der Waals surface area contributed by atoms with E-state index in [1.807, 2.05) is 24.3 Å². The fourth-order valence-corrected chi connectivity index (χ4v) is 3.66. The van der Waals surface area contributed by atoms with Gasteiger partial charge in [-0.05, 0) is 42.8 Å². The topological polar surface area (TPSA) is 66.7 Å². The second kappa shape index (κ2) is 10.2. The maximum atomic E-state index is 5.31. The van der Waals surface area contributed by atoms with Gasteiger partial charge in [0.15, 0.2) is 0 Å². The molecule has 0 spiro atoms. The summed E-state index contributed by atoms with van der Waals surface area (Å²) >= 11 is 0. The van der Waals surface area contributed by atoms with Crippen LogP contribution < -0.4 is 10.1 Å². The lowest BCUT2D eigenvalue weighted by Gasteiger charge is -2.34. The first-order valence-corrected chi connectivity index (χ1v) is 10.5. The van der Waals surface area contributed by atoms with Crippen LogP contribution in [-0.2, 0) is 6.54 Å². The highest BCUT2D eigenvalue weighted by Gasteiger charge is 2.16. The van der Waals surface area contributed by atoms with Gasteiger partial charge in [-0.2, -0.15) is 4.98 Å². The molecular weight excluding hydrogens is 378 g/mol. The Bertz CT molecular complexity index is 889. The van der Waals surface area contributed by atoms with Gasteiger partial charge in [0.2, 0.25) is 5.82 Å². The third kappa shape index (κ3) is 5.58. The van der Waals surface area contributed by atoms with E-state index in [-0.39, 0.29) is 0 Å².